The smallest absolute Gasteiger partial charge is 0.311 e. The normalized spacial score (nSPS) is 11.9. The van der Waals surface area contributed by atoms with Gasteiger partial charge in [0.1, 0.15) is 5.75 Å². The zero-order valence-corrected chi connectivity index (χ0v) is 20.7. The molecule has 0 aliphatic rings. The molecule has 166 valence electrons. The van der Waals surface area contributed by atoms with Crippen molar-refractivity contribution in [2.75, 3.05) is 6.26 Å². The molecule has 32 heavy (non-hydrogen) atoms. The van der Waals surface area contributed by atoms with E-state index < -0.39 is 0 Å². The van der Waals surface area contributed by atoms with Crippen LogP contribution in [-0.4, -0.2) is 16.8 Å². The maximum absolute atomic E-state index is 12.7. The summed E-state index contributed by atoms with van der Waals surface area (Å²) in [7, 11) is 0. The number of thioether (sulfide) groups is 1. The van der Waals surface area contributed by atoms with Gasteiger partial charge in [0.05, 0.1) is 16.8 Å². The van der Waals surface area contributed by atoms with Crippen molar-refractivity contribution in [2.45, 2.75) is 45.6 Å². The Balaban J connectivity index is 1.93. The van der Waals surface area contributed by atoms with E-state index in [-0.39, 0.29) is 11.4 Å². The number of carbonyl (C=O) groups is 1. The van der Waals surface area contributed by atoms with Crippen molar-refractivity contribution in [3.05, 3.63) is 70.7 Å². The van der Waals surface area contributed by atoms with Gasteiger partial charge in [-0.3, -0.25) is 4.79 Å². The fourth-order valence-electron chi connectivity index (χ4n) is 4.19. The fraction of sp³-hybridized carbons (Fsp3) is 0.296. The summed E-state index contributed by atoms with van der Waals surface area (Å²) in [6, 6.07) is 18.4. The van der Waals surface area contributed by atoms with E-state index in [1.54, 1.807) is 11.8 Å². The Morgan fingerprint density at radius 3 is 2.44 bits per heavy atom. The number of halogens is 1. The van der Waals surface area contributed by atoms with Gasteiger partial charge in [0.15, 0.2) is 0 Å². The molecule has 3 nitrogen and oxygen atoms in total. The first kappa shape index (κ1) is 22.8. The molecule has 0 spiro atoms. The Morgan fingerprint density at radius 1 is 1.09 bits per heavy atom. The minimum Gasteiger partial charge on any atom is -0.425 e. The van der Waals surface area contributed by atoms with E-state index in [4.69, 9.17) is 16.3 Å². The fourth-order valence-corrected chi connectivity index (χ4v) is 5.02. The van der Waals surface area contributed by atoms with E-state index in [9.17, 15) is 4.79 Å². The number of carbonyl (C=O) groups excluding carboxylic acids is 1. The van der Waals surface area contributed by atoms with Gasteiger partial charge >= 0.3 is 5.97 Å². The lowest BCUT2D eigenvalue weighted by Gasteiger charge is -2.18. The quantitative estimate of drug-likeness (QED) is 0.171. The van der Waals surface area contributed by atoms with Crippen LogP contribution in [0.3, 0.4) is 0 Å². The molecular weight excluding hydrogens is 438 g/mol. The van der Waals surface area contributed by atoms with Crippen LogP contribution in [0.2, 0.25) is 5.02 Å². The number of esters is 1. The number of nitrogens with zero attached hydrogens (tertiary/aromatic N) is 1. The molecule has 0 aliphatic heterocycles. The van der Waals surface area contributed by atoms with Crippen LogP contribution in [0.1, 0.15) is 38.3 Å². The second-order valence-corrected chi connectivity index (χ2v) is 10.6. The molecular formula is C27H28ClNO2S. The van der Waals surface area contributed by atoms with Gasteiger partial charge in [0.25, 0.3) is 0 Å². The molecule has 0 amide bonds. The van der Waals surface area contributed by atoms with E-state index in [1.807, 2.05) is 45.2 Å². The van der Waals surface area contributed by atoms with Crippen LogP contribution >= 0.6 is 23.4 Å². The van der Waals surface area contributed by atoms with Crippen molar-refractivity contribution in [2.24, 2.45) is 5.41 Å². The lowest BCUT2D eigenvalue weighted by atomic mass is 9.92. The maximum atomic E-state index is 12.7. The van der Waals surface area contributed by atoms with Crippen molar-refractivity contribution in [3.63, 3.8) is 0 Å². The minimum absolute atomic E-state index is 0.126. The highest BCUT2D eigenvalue weighted by atomic mass is 35.5. The highest BCUT2D eigenvalue weighted by Crippen LogP contribution is 2.43. The third-order valence-electron chi connectivity index (χ3n) is 5.51. The van der Waals surface area contributed by atoms with E-state index in [0.29, 0.717) is 18.7 Å². The molecule has 0 bridgehead atoms. The second-order valence-electron chi connectivity index (χ2n) is 9.39. The molecule has 1 heterocycles. The summed E-state index contributed by atoms with van der Waals surface area (Å²) in [6.45, 7) is 8.92. The van der Waals surface area contributed by atoms with Gasteiger partial charge in [0, 0.05) is 27.9 Å². The summed E-state index contributed by atoms with van der Waals surface area (Å²) in [5.74, 6) is 0.434. The van der Waals surface area contributed by atoms with Crippen molar-refractivity contribution in [1.82, 2.24) is 4.57 Å². The molecule has 0 aliphatic carbocycles. The number of fused-ring (bicyclic) bond motifs is 3. The number of hydrogen-bond donors (Lipinski definition) is 0. The first-order chi connectivity index (χ1) is 15.2. The minimum atomic E-state index is -0.202. The first-order valence-electron chi connectivity index (χ1n) is 10.7. The molecule has 4 rings (SSSR count). The number of aryl methyl sites for hydroxylation is 1. The summed E-state index contributed by atoms with van der Waals surface area (Å²) < 4.78 is 8.25. The standard InChI is InChI=1S/C27H28ClNO2S/c1-17-14-22(31-23(30)15-27(2,3)4)26(32-5)25-24(17)20-8-6-7-9-21(20)29(25)16-18-10-12-19(28)13-11-18/h6-14H,15-16H2,1-5H3. The Morgan fingerprint density at radius 2 is 1.78 bits per heavy atom. The number of rotatable bonds is 5. The van der Waals surface area contributed by atoms with Crippen LogP contribution in [0, 0.1) is 12.3 Å². The monoisotopic (exact) mass is 465 g/mol. The molecule has 1 aromatic heterocycles. The zero-order valence-electron chi connectivity index (χ0n) is 19.2. The zero-order chi connectivity index (χ0) is 23.0. The van der Waals surface area contributed by atoms with E-state index >= 15 is 0 Å². The maximum Gasteiger partial charge on any atom is 0.311 e. The number of hydrogen-bond acceptors (Lipinski definition) is 3. The number of benzene rings is 3. The largest absolute Gasteiger partial charge is 0.425 e. The molecule has 5 heteroatoms. The van der Waals surface area contributed by atoms with Gasteiger partial charge in [-0.05, 0) is 54.0 Å². The number of aromatic nitrogens is 1. The predicted molar refractivity (Wildman–Crippen MR) is 136 cm³/mol. The molecule has 0 unspecified atom stereocenters. The highest BCUT2D eigenvalue weighted by molar-refractivity contribution is 7.99. The third-order valence-corrected chi connectivity index (χ3v) is 6.56. The lowest BCUT2D eigenvalue weighted by Crippen LogP contribution is -2.18. The highest BCUT2D eigenvalue weighted by Gasteiger charge is 2.23. The second kappa shape index (κ2) is 8.84. The van der Waals surface area contributed by atoms with Gasteiger partial charge in [-0.15, -0.1) is 11.8 Å². The van der Waals surface area contributed by atoms with Crippen molar-refractivity contribution >= 4 is 51.1 Å². The number of para-hydroxylation sites is 1. The van der Waals surface area contributed by atoms with Crippen LogP contribution in [0.15, 0.2) is 59.5 Å². The Kier molecular flexibility index (Phi) is 6.28. The molecule has 3 aromatic carbocycles. The van der Waals surface area contributed by atoms with Gasteiger partial charge in [-0.1, -0.05) is 62.7 Å². The first-order valence-corrected chi connectivity index (χ1v) is 12.3. The van der Waals surface area contributed by atoms with E-state index in [1.165, 1.54) is 10.8 Å². The van der Waals surface area contributed by atoms with E-state index in [2.05, 4.69) is 47.9 Å². The summed E-state index contributed by atoms with van der Waals surface area (Å²) in [5.41, 5.74) is 4.40. The van der Waals surface area contributed by atoms with Crippen molar-refractivity contribution in [3.8, 4) is 5.75 Å². The van der Waals surface area contributed by atoms with Crippen LogP contribution in [0.5, 0.6) is 5.75 Å². The summed E-state index contributed by atoms with van der Waals surface area (Å²) in [4.78, 5) is 13.7. The Hall–Kier alpha value is -2.43. The molecule has 0 fully saturated rings. The SMILES string of the molecule is CSc1c(OC(=O)CC(C)(C)C)cc(C)c2c3ccccc3n(Cc3ccc(Cl)cc3)c12. The van der Waals surface area contributed by atoms with E-state index in [0.717, 1.165) is 32.1 Å². The molecule has 4 aromatic rings. The van der Waals surface area contributed by atoms with Crippen LogP contribution in [0.25, 0.3) is 21.8 Å². The average molecular weight is 466 g/mol. The third kappa shape index (κ3) is 4.53. The van der Waals surface area contributed by atoms with Gasteiger partial charge in [0.2, 0.25) is 0 Å². The lowest BCUT2D eigenvalue weighted by molar-refractivity contribution is -0.136. The van der Waals surface area contributed by atoms with Crippen LogP contribution in [0.4, 0.5) is 0 Å². The van der Waals surface area contributed by atoms with Crippen molar-refractivity contribution < 1.29 is 9.53 Å². The Labute approximate surface area is 198 Å². The summed E-state index contributed by atoms with van der Waals surface area (Å²) >= 11 is 7.73. The van der Waals surface area contributed by atoms with Crippen molar-refractivity contribution in [1.29, 1.82) is 0 Å². The summed E-state index contributed by atoms with van der Waals surface area (Å²) in [6.07, 6.45) is 2.40. The number of ether oxygens (including phenoxy) is 1. The topological polar surface area (TPSA) is 31.2 Å². The van der Waals surface area contributed by atoms with Gasteiger partial charge in [-0.25, -0.2) is 0 Å². The van der Waals surface area contributed by atoms with Gasteiger partial charge in [-0.2, -0.15) is 0 Å². The Bertz CT molecular complexity index is 1300. The molecule has 0 saturated carbocycles. The predicted octanol–water partition coefficient (Wildman–Crippen LogP) is 7.87. The van der Waals surface area contributed by atoms with Crippen LogP contribution < -0.4 is 4.74 Å². The average Bonchev–Trinajstić information content (AvgIpc) is 3.03. The molecule has 0 atom stereocenters. The molecule has 0 N–H and O–H groups in total. The van der Waals surface area contributed by atoms with Gasteiger partial charge < -0.3 is 9.30 Å². The summed E-state index contributed by atoms with van der Waals surface area (Å²) in [5, 5.41) is 3.14. The van der Waals surface area contributed by atoms with Crippen LogP contribution in [-0.2, 0) is 11.3 Å². The molecule has 0 saturated heterocycles. The molecule has 0 radical (unpaired) electrons.